The summed E-state index contributed by atoms with van der Waals surface area (Å²) in [6.45, 7) is 6.21. The molecule has 1 aromatic carbocycles. The Labute approximate surface area is 128 Å². The first-order valence-electron chi connectivity index (χ1n) is 6.93. The van der Waals surface area contributed by atoms with Crippen LogP contribution in [0.1, 0.15) is 25.1 Å². The number of halogens is 1. The van der Waals surface area contributed by atoms with Gasteiger partial charge in [-0.3, -0.25) is 0 Å². The standard InChI is InChI=1S/C15H19ClN4O/c1-9(18-19-17)6-13-11(3)20(8-10(2)21)15-5-4-12(16)7-14(13)15/h4-5,7,9-10,21H,6,8H2,1-3H3. The third kappa shape index (κ3) is 3.32. The van der Waals surface area contributed by atoms with Crippen LogP contribution in [0.15, 0.2) is 23.3 Å². The van der Waals surface area contributed by atoms with Gasteiger partial charge >= 0.3 is 0 Å². The lowest BCUT2D eigenvalue weighted by molar-refractivity contribution is 0.174. The number of aromatic nitrogens is 1. The molecule has 0 spiro atoms. The predicted molar refractivity (Wildman–Crippen MR) is 85.7 cm³/mol. The number of hydrogen-bond acceptors (Lipinski definition) is 2. The van der Waals surface area contributed by atoms with E-state index in [0.717, 1.165) is 22.2 Å². The van der Waals surface area contributed by atoms with Crippen molar-refractivity contribution >= 4 is 22.5 Å². The zero-order chi connectivity index (χ0) is 15.6. The summed E-state index contributed by atoms with van der Waals surface area (Å²) in [5.74, 6) is 0. The van der Waals surface area contributed by atoms with Crippen LogP contribution >= 0.6 is 11.6 Å². The minimum atomic E-state index is -0.433. The molecule has 0 aliphatic carbocycles. The topological polar surface area (TPSA) is 73.9 Å². The van der Waals surface area contributed by atoms with Gasteiger partial charge in [0.25, 0.3) is 0 Å². The molecule has 0 radical (unpaired) electrons. The fourth-order valence-electron chi connectivity index (χ4n) is 2.71. The number of rotatable bonds is 5. The van der Waals surface area contributed by atoms with Crippen LogP contribution in [0, 0.1) is 6.92 Å². The number of nitrogens with zero attached hydrogens (tertiary/aromatic N) is 4. The summed E-state index contributed by atoms with van der Waals surface area (Å²) in [6.07, 6.45) is 0.219. The predicted octanol–water partition coefficient (Wildman–Crippen LogP) is 4.23. The van der Waals surface area contributed by atoms with Gasteiger partial charge in [-0.25, -0.2) is 0 Å². The summed E-state index contributed by atoms with van der Waals surface area (Å²) in [6, 6.07) is 5.62. The zero-order valence-corrected chi connectivity index (χ0v) is 13.2. The van der Waals surface area contributed by atoms with Crippen molar-refractivity contribution in [2.45, 2.75) is 45.9 Å². The Balaban J connectivity index is 2.59. The Morgan fingerprint density at radius 1 is 1.43 bits per heavy atom. The molecule has 112 valence electrons. The monoisotopic (exact) mass is 306 g/mol. The third-order valence-electron chi connectivity index (χ3n) is 3.61. The van der Waals surface area contributed by atoms with Crippen LogP contribution in [-0.2, 0) is 13.0 Å². The second-order valence-corrected chi connectivity index (χ2v) is 5.88. The highest BCUT2D eigenvalue weighted by Crippen LogP contribution is 2.30. The molecule has 0 saturated carbocycles. The number of benzene rings is 1. The summed E-state index contributed by atoms with van der Waals surface area (Å²) < 4.78 is 2.09. The maximum Gasteiger partial charge on any atom is 0.0691 e. The molecule has 21 heavy (non-hydrogen) atoms. The highest BCUT2D eigenvalue weighted by molar-refractivity contribution is 6.31. The Kier molecular flexibility index (Phi) is 4.78. The van der Waals surface area contributed by atoms with Gasteiger partial charge in [-0.2, -0.15) is 0 Å². The van der Waals surface area contributed by atoms with Gasteiger partial charge in [0.1, 0.15) is 0 Å². The number of fused-ring (bicyclic) bond motifs is 1. The zero-order valence-electron chi connectivity index (χ0n) is 12.4. The molecule has 0 saturated heterocycles. The minimum Gasteiger partial charge on any atom is -0.392 e. The number of hydrogen-bond donors (Lipinski definition) is 1. The quantitative estimate of drug-likeness (QED) is 0.501. The normalized spacial score (nSPS) is 14.0. The van der Waals surface area contributed by atoms with E-state index in [2.05, 4.69) is 14.6 Å². The van der Waals surface area contributed by atoms with Gasteiger partial charge in [-0.05, 0) is 49.6 Å². The smallest absolute Gasteiger partial charge is 0.0691 e. The van der Waals surface area contributed by atoms with Crippen LogP contribution in [0.2, 0.25) is 5.02 Å². The molecule has 1 heterocycles. The van der Waals surface area contributed by atoms with Crippen LogP contribution in [-0.4, -0.2) is 21.8 Å². The molecule has 0 amide bonds. The first kappa shape index (κ1) is 15.7. The van der Waals surface area contributed by atoms with E-state index in [9.17, 15) is 5.11 Å². The molecular weight excluding hydrogens is 288 g/mol. The molecule has 2 atom stereocenters. The van der Waals surface area contributed by atoms with Crippen molar-refractivity contribution in [1.29, 1.82) is 0 Å². The van der Waals surface area contributed by atoms with E-state index in [1.807, 2.05) is 32.0 Å². The maximum atomic E-state index is 9.71. The van der Waals surface area contributed by atoms with Crippen molar-refractivity contribution in [1.82, 2.24) is 4.57 Å². The van der Waals surface area contributed by atoms with Gasteiger partial charge < -0.3 is 9.67 Å². The molecule has 6 heteroatoms. The van der Waals surface area contributed by atoms with Gasteiger partial charge in [0.05, 0.1) is 6.10 Å². The molecule has 0 aliphatic heterocycles. The van der Waals surface area contributed by atoms with Crippen molar-refractivity contribution in [3.05, 3.63) is 44.9 Å². The SMILES string of the molecule is Cc1c(CC(C)N=[N+]=[N-])c2cc(Cl)ccc2n1CC(C)O. The van der Waals surface area contributed by atoms with Crippen molar-refractivity contribution < 1.29 is 5.11 Å². The molecule has 2 unspecified atom stereocenters. The number of azide groups is 1. The first-order chi connectivity index (χ1) is 9.93. The maximum absolute atomic E-state index is 9.71. The molecule has 2 aromatic rings. The highest BCUT2D eigenvalue weighted by Gasteiger charge is 2.17. The molecular formula is C15H19ClN4O. The van der Waals surface area contributed by atoms with Crippen LogP contribution in [0.25, 0.3) is 21.3 Å². The average molecular weight is 307 g/mol. The fourth-order valence-corrected chi connectivity index (χ4v) is 2.88. The largest absolute Gasteiger partial charge is 0.392 e. The van der Waals surface area contributed by atoms with Crippen LogP contribution in [0.3, 0.4) is 0 Å². The van der Waals surface area contributed by atoms with E-state index >= 15 is 0 Å². The summed E-state index contributed by atoms with van der Waals surface area (Å²) in [5.41, 5.74) is 11.8. The Bertz CT molecular complexity index is 701. The summed E-state index contributed by atoms with van der Waals surface area (Å²) >= 11 is 6.12. The van der Waals surface area contributed by atoms with Crippen LogP contribution in [0.4, 0.5) is 0 Å². The van der Waals surface area contributed by atoms with E-state index in [0.29, 0.717) is 18.0 Å². The van der Waals surface area contributed by atoms with E-state index < -0.39 is 6.10 Å². The highest BCUT2D eigenvalue weighted by atomic mass is 35.5. The molecule has 0 fully saturated rings. The number of aliphatic hydroxyl groups excluding tert-OH is 1. The van der Waals surface area contributed by atoms with Crippen molar-refractivity contribution in [3.63, 3.8) is 0 Å². The van der Waals surface area contributed by atoms with Gasteiger partial charge in [-0.15, -0.1) is 0 Å². The lowest BCUT2D eigenvalue weighted by atomic mass is 10.0. The average Bonchev–Trinajstić information content (AvgIpc) is 2.64. The van der Waals surface area contributed by atoms with E-state index in [1.165, 1.54) is 0 Å². The van der Waals surface area contributed by atoms with E-state index in [4.69, 9.17) is 17.1 Å². The van der Waals surface area contributed by atoms with Gasteiger partial charge in [0, 0.05) is 39.1 Å². The minimum absolute atomic E-state index is 0.127. The van der Waals surface area contributed by atoms with Crippen LogP contribution in [0.5, 0.6) is 0 Å². The molecule has 1 aromatic heterocycles. The molecule has 1 N–H and O–H groups in total. The van der Waals surface area contributed by atoms with E-state index in [1.54, 1.807) is 6.92 Å². The number of aliphatic hydroxyl groups is 1. The second-order valence-electron chi connectivity index (χ2n) is 5.44. The fraction of sp³-hybridized carbons (Fsp3) is 0.467. The summed E-state index contributed by atoms with van der Waals surface area (Å²) in [4.78, 5) is 2.87. The Hall–Kier alpha value is -1.68. The second kappa shape index (κ2) is 6.39. The molecule has 5 nitrogen and oxygen atoms in total. The Morgan fingerprint density at radius 2 is 2.14 bits per heavy atom. The van der Waals surface area contributed by atoms with Crippen molar-refractivity contribution in [2.75, 3.05) is 0 Å². The van der Waals surface area contributed by atoms with Gasteiger partial charge in [-0.1, -0.05) is 23.6 Å². The lowest BCUT2D eigenvalue weighted by Crippen LogP contribution is -2.13. The first-order valence-corrected chi connectivity index (χ1v) is 7.31. The molecule has 2 rings (SSSR count). The molecule has 0 bridgehead atoms. The van der Waals surface area contributed by atoms with Gasteiger partial charge in [0.15, 0.2) is 0 Å². The Morgan fingerprint density at radius 3 is 2.76 bits per heavy atom. The van der Waals surface area contributed by atoms with Crippen molar-refractivity contribution in [2.24, 2.45) is 5.11 Å². The van der Waals surface area contributed by atoms with Crippen molar-refractivity contribution in [3.8, 4) is 0 Å². The molecule has 0 aliphatic rings. The third-order valence-corrected chi connectivity index (χ3v) is 3.85. The van der Waals surface area contributed by atoms with Crippen LogP contribution < -0.4 is 0 Å². The van der Waals surface area contributed by atoms with E-state index in [-0.39, 0.29) is 6.04 Å². The van der Waals surface area contributed by atoms with Gasteiger partial charge in [0.2, 0.25) is 0 Å². The lowest BCUT2D eigenvalue weighted by Gasteiger charge is -2.11. The summed E-state index contributed by atoms with van der Waals surface area (Å²) in [7, 11) is 0. The summed E-state index contributed by atoms with van der Waals surface area (Å²) in [5, 5.41) is 15.2.